The van der Waals surface area contributed by atoms with Crippen molar-refractivity contribution in [3.63, 3.8) is 0 Å². The molecule has 2 saturated heterocycles. The van der Waals surface area contributed by atoms with Crippen molar-refractivity contribution in [3.05, 3.63) is 11.6 Å². The number of likely N-dealkylation sites (tertiary alicyclic amines) is 1. The highest BCUT2D eigenvalue weighted by Gasteiger charge is 2.48. The fourth-order valence-electron chi connectivity index (χ4n) is 3.30. The molecule has 0 aliphatic carbocycles. The van der Waals surface area contributed by atoms with Crippen LogP contribution in [0.15, 0.2) is 11.6 Å². The second kappa shape index (κ2) is 6.59. The average Bonchev–Trinajstić information content (AvgIpc) is 2.92. The zero-order valence-electron chi connectivity index (χ0n) is 13.1. The Morgan fingerprint density at radius 1 is 1.57 bits per heavy atom. The number of carbonyl (C=O) groups excluding carboxylic acids is 1. The van der Waals surface area contributed by atoms with Gasteiger partial charge < -0.3 is 14.4 Å². The van der Waals surface area contributed by atoms with E-state index in [-0.39, 0.29) is 29.1 Å². The van der Waals surface area contributed by atoms with E-state index in [9.17, 15) is 10.1 Å². The Hall–Kier alpha value is -1.38. The van der Waals surface area contributed by atoms with Gasteiger partial charge in [-0.2, -0.15) is 5.26 Å². The molecule has 2 atom stereocenters. The van der Waals surface area contributed by atoms with Crippen LogP contribution in [0, 0.1) is 17.2 Å². The van der Waals surface area contributed by atoms with Crippen LogP contribution in [0.4, 0.5) is 0 Å². The molecular formula is C16H24N2O3. The van der Waals surface area contributed by atoms with Gasteiger partial charge in [-0.1, -0.05) is 19.9 Å². The van der Waals surface area contributed by atoms with E-state index in [0.717, 1.165) is 25.9 Å². The van der Waals surface area contributed by atoms with Gasteiger partial charge in [0.05, 0.1) is 12.6 Å². The van der Waals surface area contributed by atoms with E-state index in [0.29, 0.717) is 13.1 Å². The molecule has 0 saturated carbocycles. The first-order valence-corrected chi connectivity index (χ1v) is 7.60. The summed E-state index contributed by atoms with van der Waals surface area (Å²) < 4.78 is 11.5. The van der Waals surface area contributed by atoms with Crippen molar-refractivity contribution < 1.29 is 14.3 Å². The van der Waals surface area contributed by atoms with E-state index >= 15 is 0 Å². The summed E-state index contributed by atoms with van der Waals surface area (Å²) >= 11 is 0. The third kappa shape index (κ3) is 3.28. The molecule has 5 heteroatoms. The first kappa shape index (κ1) is 16.0. The quantitative estimate of drug-likeness (QED) is 0.588. The number of nitrogens with zero attached hydrogens (tertiary/aromatic N) is 2. The third-order valence-electron chi connectivity index (χ3n) is 4.26. The van der Waals surface area contributed by atoms with Crippen LogP contribution in [0.25, 0.3) is 0 Å². The molecule has 0 aromatic heterocycles. The predicted octanol–water partition coefficient (Wildman–Crippen LogP) is 1.89. The summed E-state index contributed by atoms with van der Waals surface area (Å²) in [4.78, 5) is 14.3. The lowest BCUT2D eigenvalue weighted by molar-refractivity contribution is -0.157. The maximum absolute atomic E-state index is 12.5. The van der Waals surface area contributed by atoms with Gasteiger partial charge in [-0.15, -0.1) is 0 Å². The topological polar surface area (TPSA) is 62.6 Å². The summed E-state index contributed by atoms with van der Waals surface area (Å²) in [6.45, 7) is 5.77. The van der Waals surface area contributed by atoms with E-state index in [1.807, 2.05) is 19.9 Å². The van der Waals surface area contributed by atoms with Crippen molar-refractivity contribution in [3.8, 4) is 6.07 Å². The van der Waals surface area contributed by atoms with Crippen LogP contribution in [0.1, 0.15) is 33.1 Å². The molecule has 0 unspecified atom stereocenters. The first-order valence-electron chi connectivity index (χ1n) is 7.60. The largest absolute Gasteiger partial charge is 0.378 e. The van der Waals surface area contributed by atoms with E-state index in [1.165, 1.54) is 0 Å². The van der Waals surface area contributed by atoms with Crippen LogP contribution < -0.4 is 0 Å². The molecule has 2 fully saturated rings. The Morgan fingerprint density at radius 2 is 2.33 bits per heavy atom. The maximum atomic E-state index is 12.5. The van der Waals surface area contributed by atoms with E-state index in [2.05, 4.69) is 0 Å². The second-order valence-electron chi connectivity index (χ2n) is 6.19. The first-order chi connectivity index (χ1) is 10.0. The molecule has 1 amide bonds. The van der Waals surface area contributed by atoms with E-state index in [4.69, 9.17) is 9.47 Å². The Balaban J connectivity index is 2.15. The molecule has 1 spiro atoms. The highest BCUT2D eigenvalue weighted by molar-refractivity contribution is 5.97. The van der Waals surface area contributed by atoms with Gasteiger partial charge in [-0.3, -0.25) is 4.79 Å². The monoisotopic (exact) mass is 292 g/mol. The molecule has 0 N–H and O–H groups in total. The smallest absolute Gasteiger partial charge is 0.264 e. The number of carbonyl (C=O) groups is 1. The lowest BCUT2D eigenvalue weighted by Crippen LogP contribution is -2.58. The summed E-state index contributed by atoms with van der Waals surface area (Å²) in [5.41, 5.74) is -0.157. The van der Waals surface area contributed by atoms with E-state index in [1.54, 1.807) is 18.1 Å². The van der Waals surface area contributed by atoms with Gasteiger partial charge >= 0.3 is 0 Å². The summed E-state index contributed by atoms with van der Waals surface area (Å²) in [7, 11) is 1.70. The number of rotatable bonds is 3. The number of nitriles is 1. The fraction of sp³-hybridized carbons (Fsp3) is 0.750. The standard InChI is InChI=1S/C16H24N2O3/c1-12(2)9-13(10-17)15(19)18-7-5-14(20-3)16(11-18)6-4-8-21-16/h9,12,14H,4-8,11H2,1-3H3/t14-,16-/m0/s1. The third-order valence-corrected chi connectivity index (χ3v) is 4.26. The number of hydrogen-bond acceptors (Lipinski definition) is 4. The Bertz CT molecular complexity index is 459. The number of allylic oxidation sites excluding steroid dienone is 1. The summed E-state index contributed by atoms with van der Waals surface area (Å²) in [5, 5.41) is 9.21. The lowest BCUT2D eigenvalue weighted by atomic mass is 9.86. The molecule has 21 heavy (non-hydrogen) atoms. The zero-order chi connectivity index (χ0) is 15.5. The minimum Gasteiger partial charge on any atom is -0.378 e. The number of hydrogen-bond donors (Lipinski definition) is 0. The van der Waals surface area contributed by atoms with Crippen molar-refractivity contribution in [1.29, 1.82) is 5.26 Å². The highest BCUT2D eigenvalue weighted by Crippen LogP contribution is 2.36. The number of piperidine rings is 1. The highest BCUT2D eigenvalue weighted by atomic mass is 16.6. The van der Waals surface area contributed by atoms with Crippen LogP contribution >= 0.6 is 0 Å². The van der Waals surface area contributed by atoms with Crippen molar-refractivity contribution in [2.75, 3.05) is 26.8 Å². The maximum Gasteiger partial charge on any atom is 0.264 e. The van der Waals surface area contributed by atoms with Gasteiger partial charge in [-0.05, 0) is 25.2 Å². The normalized spacial score (nSPS) is 30.0. The molecule has 2 aliphatic heterocycles. The van der Waals surface area contributed by atoms with Gasteiger partial charge in [0.15, 0.2) is 0 Å². The average molecular weight is 292 g/mol. The second-order valence-corrected chi connectivity index (χ2v) is 6.19. The minimum absolute atomic E-state index is 0.0312. The van der Waals surface area contributed by atoms with Gasteiger partial charge in [0, 0.05) is 20.3 Å². The van der Waals surface area contributed by atoms with Gasteiger partial charge in [0.2, 0.25) is 0 Å². The number of ether oxygens (including phenoxy) is 2. The molecule has 0 radical (unpaired) electrons. The summed E-state index contributed by atoms with van der Waals surface area (Å²) in [6, 6.07) is 2.03. The molecule has 0 aromatic carbocycles. The van der Waals surface area contributed by atoms with Gasteiger partial charge in [0.25, 0.3) is 5.91 Å². The Kier molecular flexibility index (Phi) is 5.02. The van der Waals surface area contributed by atoms with Crippen molar-refractivity contribution in [2.45, 2.75) is 44.8 Å². The molecule has 0 bridgehead atoms. The minimum atomic E-state index is -0.388. The Morgan fingerprint density at radius 3 is 2.86 bits per heavy atom. The van der Waals surface area contributed by atoms with Crippen LogP contribution in [0.5, 0.6) is 0 Å². The Labute approximate surface area is 126 Å². The number of amides is 1. The number of methoxy groups -OCH3 is 1. The molecule has 2 heterocycles. The fourth-order valence-corrected chi connectivity index (χ4v) is 3.30. The summed E-state index contributed by atoms with van der Waals surface area (Å²) in [5.74, 6) is -0.00701. The van der Waals surface area contributed by atoms with E-state index < -0.39 is 0 Å². The van der Waals surface area contributed by atoms with Crippen molar-refractivity contribution in [2.24, 2.45) is 5.92 Å². The van der Waals surface area contributed by atoms with Crippen LogP contribution in [0.3, 0.4) is 0 Å². The molecule has 0 aromatic rings. The molecule has 2 rings (SSSR count). The lowest BCUT2D eigenvalue weighted by Gasteiger charge is -2.44. The zero-order valence-corrected chi connectivity index (χ0v) is 13.1. The van der Waals surface area contributed by atoms with Crippen LogP contribution in [-0.4, -0.2) is 49.3 Å². The van der Waals surface area contributed by atoms with Crippen LogP contribution in [-0.2, 0) is 14.3 Å². The molecule has 2 aliphatic rings. The predicted molar refractivity (Wildman–Crippen MR) is 78.4 cm³/mol. The SMILES string of the molecule is CO[C@H]1CCN(C(=O)C(C#N)=CC(C)C)C[C@@]12CCCO2. The van der Waals surface area contributed by atoms with Gasteiger partial charge in [0.1, 0.15) is 17.2 Å². The van der Waals surface area contributed by atoms with Crippen molar-refractivity contribution in [1.82, 2.24) is 4.90 Å². The molecular weight excluding hydrogens is 268 g/mol. The van der Waals surface area contributed by atoms with Crippen LogP contribution in [0.2, 0.25) is 0 Å². The molecule has 5 nitrogen and oxygen atoms in total. The van der Waals surface area contributed by atoms with Crippen molar-refractivity contribution >= 4 is 5.91 Å². The summed E-state index contributed by atoms with van der Waals surface area (Å²) in [6.07, 6.45) is 4.42. The van der Waals surface area contributed by atoms with Gasteiger partial charge in [-0.25, -0.2) is 0 Å². The molecule has 116 valence electrons.